The first-order valence-corrected chi connectivity index (χ1v) is 3.38. The van der Waals surface area contributed by atoms with Crippen LogP contribution in [0.3, 0.4) is 0 Å². The van der Waals surface area contributed by atoms with Crippen LogP contribution in [0.15, 0.2) is 24.3 Å². The zero-order valence-corrected chi connectivity index (χ0v) is 6.08. The highest BCUT2D eigenvalue weighted by Gasteiger charge is 1.90. The lowest BCUT2D eigenvalue weighted by atomic mass is 10.3. The van der Waals surface area contributed by atoms with Gasteiger partial charge in [-0.1, -0.05) is 0 Å². The Hall–Kier alpha value is -1.22. The zero-order chi connectivity index (χ0) is 8.10. The van der Waals surface area contributed by atoms with Gasteiger partial charge >= 0.3 is 0 Å². The number of benzene rings is 1. The second-order valence-corrected chi connectivity index (χ2v) is 2.10. The molecule has 3 heteroatoms. The molecular formula is C8H10NO2. The van der Waals surface area contributed by atoms with Gasteiger partial charge < -0.3 is 15.6 Å². The molecule has 0 aliphatic rings. The number of hydrogen-bond donors (Lipinski definition) is 1. The van der Waals surface area contributed by atoms with Crippen LogP contribution in [0.25, 0.3) is 0 Å². The van der Waals surface area contributed by atoms with Gasteiger partial charge in [-0.25, -0.2) is 0 Å². The molecule has 0 spiro atoms. The predicted octanol–water partition coefficient (Wildman–Crippen LogP) is 0.972. The number of aliphatic hydroxyl groups is 1. The van der Waals surface area contributed by atoms with Crippen molar-refractivity contribution in [2.75, 3.05) is 13.2 Å². The summed E-state index contributed by atoms with van der Waals surface area (Å²) in [6.45, 7) is 0.319. The summed E-state index contributed by atoms with van der Waals surface area (Å²) < 4.78 is 5.08. The van der Waals surface area contributed by atoms with Crippen molar-refractivity contribution in [3.05, 3.63) is 24.3 Å². The molecule has 59 valence electrons. The van der Waals surface area contributed by atoms with E-state index in [1.54, 1.807) is 24.3 Å². The minimum Gasteiger partial charge on any atom is -0.491 e. The minimum atomic E-state index is 0.0165. The van der Waals surface area contributed by atoms with Gasteiger partial charge in [0, 0.05) is 0 Å². The second kappa shape index (κ2) is 3.83. The summed E-state index contributed by atoms with van der Waals surface area (Å²) in [4.78, 5) is 0. The molecule has 0 bridgehead atoms. The van der Waals surface area contributed by atoms with Gasteiger partial charge in [-0.3, -0.25) is 0 Å². The van der Waals surface area contributed by atoms with E-state index < -0.39 is 0 Å². The third-order valence-corrected chi connectivity index (χ3v) is 1.21. The van der Waals surface area contributed by atoms with E-state index in [1.807, 2.05) is 0 Å². The molecule has 1 aromatic carbocycles. The maximum atomic E-state index is 8.42. The lowest BCUT2D eigenvalue weighted by Gasteiger charge is -2.02. The summed E-state index contributed by atoms with van der Waals surface area (Å²) >= 11 is 0. The fraction of sp³-hybridized carbons (Fsp3) is 0.250. The smallest absolute Gasteiger partial charge is 0.119 e. The van der Waals surface area contributed by atoms with Crippen LogP contribution < -0.4 is 10.5 Å². The van der Waals surface area contributed by atoms with Crippen LogP contribution in [-0.2, 0) is 0 Å². The van der Waals surface area contributed by atoms with Crippen LogP contribution in [0.4, 0.5) is 5.69 Å². The minimum absolute atomic E-state index is 0.0165. The highest BCUT2D eigenvalue weighted by atomic mass is 16.5. The number of aliphatic hydroxyl groups excluding tert-OH is 1. The molecule has 11 heavy (non-hydrogen) atoms. The highest BCUT2D eigenvalue weighted by Crippen LogP contribution is 2.13. The van der Waals surface area contributed by atoms with E-state index >= 15 is 0 Å². The molecule has 0 heterocycles. The molecule has 1 radical (unpaired) electrons. The Bertz CT molecular complexity index is 208. The van der Waals surface area contributed by atoms with Crippen LogP contribution in [0.2, 0.25) is 0 Å². The van der Waals surface area contributed by atoms with Crippen LogP contribution >= 0.6 is 0 Å². The van der Waals surface area contributed by atoms with E-state index in [4.69, 9.17) is 15.6 Å². The van der Waals surface area contributed by atoms with Gasteiger partial charge in [-0.15, -0.1) is 0 Å². The first-order chi connectivity index (χ1) is 5.33. The Morgan fingerprint density at radius 3 is 2.45 bits per heavy atom. The van der Waals surface area contributed by atoms with Crippen molar-refractivity contribution in [1.82, 2.24) is 5.73 Å². The standard InChI is InChI=1S/C8H10NO2/c9-7-1-3-8(4-2-7)11-6-5-10/h1-4,9-10H,5-6H2. The first-order valence-electron chi connectivity index (χ1n) is 3.38. The molecule has 0 aromatic heterocycles. The summed E-state index contributed by atoms with van der Waals surface area (Å²) in [7, 11) is 0. The van der Waals surface area contributed by atoms with Crippen molar-refractivity contribution in [2.45, 2.75) is 0 Å². The molecule has 1 rings (SSSR count). The summed E-state index contributed by atoms with van der Waals surface area (Å²) in [5.41, 5.74) is 7.62. The quantitative estimate of drug-likeness (QED) is 0.701. The summed E-state index contributed by atoms with van der Waals surface area (Å²) in [6, 6.07) is 6.70. The molecule has 0 amide bonds. The molecule has 0 fully saturated rings. The summed E-state index contributed by atoms with van der Waals surface area (Å²) in [5, 5.41) is 8.42. The van der Waals surface area contributed by atoms with Crippen LogP contribution in [0.5, 0.6) is 5.75 Å². The Balaban J connectivity index is 2.52. The van der Waals surface area contributed by atoms with E-state index in [0.29, 0.717) is 18.0 Å². The monoisotopic (exact) mass is 152 g/mol. The number of hydrogen-bond acceptors (Lipinski definition) is 2. The van der Waals surface area contributed by atoms with Gasteiger partial charge in [-0.05, 0) is 24.3 Å². The van der Waals surface area contributed by atoms with E-state index in [0.717, 1.165) is 0 Å². The molecule has 0 aliphatic carbocycles. The van der Waals surface area contributed by atoms with Crippen molar-refractivity contribution in [3.8, 4) is 5.75 Å². The topological polar surface area (TPSA) is 53.3 Å². The van der Waals surface area contributed by atoms with Gasteiger partial charge in [0.15, 0.2) is 0 Å². The number of nitrogens with one attached hydrogen (secondary N) is 1. The third kappa shape index (κ3) is 2.47. The summed E-state index contributed by atoms with van der Waals surface area (Å²) in [5.74, 6) is 0.690. The lowest BCUT2D eigenvalue weighted by molar-refractivity contribution is 0.201. The first kappa shape index (κ1) is 7.88. The molecule has 0 saturated heterocycles. The third-order valence-electron chi connectivity index (χ3n) is 1.21. The van der Waals surface area contributed by atoms with Crippen molar-refractivity contribution >= 4 is 5.69 Å². The maximum absolute atomic E-state index is 8.42. The van der Waals surface area contributed by atoms with Crippen molar-refractivity contribution in [3.63, 3.8) is 0 Å². The van der Waals surface area contributed by atoms with Gasteiger partial charge in [0.1, 0.15) is 12.4 Å². The van der Waals surface area contributed by atoms with E-state index in [1.165, 1.54) is 0 Å². The Morgan fingerprint density at radius 1 is 1.27 bits per heavy atom. The average molecular weight is 152 g/mol. The van der Waals surface area contributed by atoms with Gasteiger partial charge in [-0.2, -0.15) is 0 Å². The van der Waals surface area contributed by atoms with Gasteiger partial charge in [0.25, 0.3) is 0 Å². The molecule has 3 nitrogen and oxygen atoms in total. The average Bonchev–Trinajstić information content (AvgIpc) is 2.04. The summed E-state index contributed by atoms with van der Waals surface area (Å²) in [6.07, 6.45) is 0. The predicted molar refractivity (Wildman–Crippen MR) is 41.8 cm³/mol. The highest BCUT2D eigenvalue weighted by molar-refractivity contribution is 5.38. The largest absolute Gasteiger partial charge is 0.491 e. The molecule has 0 unspecified atom stereocenters. The van der Waals surface area contributed by atoms with Crippen molar-refractivity contribution in [2.24, 2.45) is 0 Å². The van der Waals surface area contributed by atoms with Crippen LogP contribution in [0, 0.1) is 0 Å². The molecule has 0 atom stereocenters. The SMILES string of the molecule is [NH]c1ccc(OCCO)cc1. The number of ether oxygens (including phenoxy) is 1. The zero-order valence-electron chi connectivity index (χ0n) is 6.08. The molecule has 1 aromatic rings. The van der Waals surface area contributed by atoms with Crippen molar-refractivity contribution < 1.29 is 9.84 Å². The van der Waals surface area contributed by atoms with E-state index in [2.05, 4.69) is 0 Å². The Morgan fingerprint density at radius 2 is 1.91 bits per heavy atom. The molecule has 2 N–H and O–H groups in total. The Labute approximate surface area is 65.4 Å². The molecule has 0 aliphatic heterocycles. The fourth-order valence-electron chi connectivity index (χ4n) is 0.715. The van der Waals surface area contributed by atoms with E-state index in [-0.39, 0.29) is 6.61 Å². The lowest BCUT2D eigenvalue weighted by Crippen LogP contribution is -2.00. The Kier molecular flexibility index (Phi) is 2.74. The number of rotatable bonds is 3. The van der Waals surface area contributed by atoms with Crippen molar-refractivity contribution in [1.29, 1.82) is 0 Å². The second-order valence-electron chi connectivity index (χ2n) is 2.10. The fourth-order valence-corrected chi connectivity index (χ4v) is 0.715. The normalized spacial score (nSPS) is 9.55. The van der Waals surface area contributed by atoms with Crippen LogP contribution in [-0.4, -0.2) is 18.3 Å². The maximum Gasteiger partial charge on any atom is 0.119 e. The molecule has 0 saturated carbocycles. The van der Waals surface area contributed by atoms with Crippen LogP contribution in [0.1, 0.15) is 0 Å². The van der Waals surface area contributed by atoms with Gasteiger partial charge in [0.05, 0.1) is 12.3 Å². The molecular weight excluding hydrogens is 142 g/mol. The van der Waals surface area contributed by atoms with E-state index in [9.17, 15) is 0 Å². The van der Waals surface area contributed by atoms with Gasteiger partial charge in [0.2, 0.25) is 0 Å².